The molecule has 22 heavy (non-hydrogen) atoms. The van der Waals surface area contributed by atoms with Gasteiger partial charge in [0.05, 0.1) is 4.90 Å². The summed E-state index contributed by atoms with van der Waals surface area (Å²) in [7, 11) is -3.48. The molecule has 1 aliphatic carbocycles. The number of sulfone groups is 1. The summed E-state index contributed by atoms with van der Waals surface area (Å²) in [6.45, 7) is 5.03. The molecule has 1 atom stereocenters. The Balaban J connectivity index is 2.14. The maximum Gasteiger partial charge on any atom is 0.189 e. The monoisotopic (exact) mass is 313 g/mol. The van der Waals surface area contributed by atoms with Crippen molar-refractivity contribution in [1.29, 1.82) is 0 Å². The molecule has 3 rings (SSSR count). The number of hydrogen-bond donors (Lipinski definition) is 1. The highest BCUT2D eigenvalue weighted by molar-refractivity contribution is 7.93. The highest BCUT2D eigenvalue weighted by Gasteiger charge is 2.48. The van der Waals surface area contributed by atoms with Crippen molar-refractivity contribution >= 4 is 9.84 Å². The summed E-state index contributed by atoms with van der Waals surface area (Å²) in [5, 5.41) is 3.22. The Morgan fingerprint density at radius 2 is 1.86 bits per heavy atom. The predicted octanol–water partition coefficient (Wildman–Crippen LogP) is 2.80. The van der Waals surface area contributed by atoms with E-state index in [2.05, 4.69) is 11.9 Å². The summed E-state index contributed by atoms with van der Waals surface area (Å²) in [6.07, 6.45) is 9.97. The Kier molecular flexibility index (Phi) is 3.89. The Bertz CT molecular complexity index is 765. The van der Waals surface area contributed by atoms with Gasteiger partial charge in [-0.25, -0.2) is 8.42 Å². The largest absolute Gasteiger partial charge is 0.315 e. The zero-order chi connectivity index (χ0) is 15.6. The van der Waals surface area contributed by atoms with Crippen LogP contribution in [0.2, 0.25) is 0 Å². The number of allylic oxidation sites excluding steroid dienone is 6. The summed E-state index contributed by atoms with van der Waals surface area (Å²) in [5.74, 6) is 0. The van der Waals surface area contributed by atoms with Crippen molar-refractivity contribution in [2.45, 2.75) is 16.1 Å². The second kappa shape index (κ2) is 5.71. The average molecular weight is 313 g/mol. The van der Waals surface area contributed by atoms with Crippen molar-refractivity contribution in [2.75, 3.05) is 13.1 Å². The molecule has 1 heterocycles. The third-order valence-corrected chi connectivity index (χ3v) is 6.78. The minimum atomic E-state index is -3.48. The lowest BCUT2D eigenvalue weighted by molar-refractivity contribution is 0.556. The van der Waals surface area contributed by atoms with Crippen molar-refractivity contribution < 1.29 is 8.42 Å². The molecule has 1 N–H and O–H groups in total. The average Bonchev–Trinajstić information content (AvgIpc) is 2.93. The van der Waals surface area contributed by atoms with Crippen molar-refractivity contribution in [1.82, 2.24) is 5.32 Å². The zero-order valence-electron chi connectivity index (χ0n) is 12.3. The Labute approximate surface area is 131 Å². The van der Waals surface area contributed by atoms with Gasteiger partial charge < -0.3 is 5.32 Å². The van der Waals surface area contributed by atoms with Gasteiger partial charge in [0, 0.05) is 6.54 Å². The van der Waals surface area contributed by atoms with Crippen LogP contribution in [-0.4, -0.2) is 26.3 Å². The third kappa shape index (κ3) is 2.38. The number of nitrogens with one attached hydrogen (secondary N) is 1. The third-order valence-electron chi connectivity index (χ3n) is 4.27. The van der Waals surface area contributed by atoms with Gasteiger partial charge in [0.2, 0.25) is 0 Å². The summed E-state index contributed by atoms with van der Waals surface area (Å²) in [5.41, 5.74) is 1.68. The van der Waals surface area contributed by atoms with Crippen LogP contribution < -0.4 is 5.32 Å². The van der Waals surface area contributed by atoms with Crippen LogP contribution in [0.5, 0.6) is 0 Å². The van der Waals surface area contributed by atoms with Gasteiger partial charge in [0.15, 0.2) is 9.84 Å². The molecule has 1 aliphatic heterocycles. The topological polar surface area (TPSA) is 46.2 Å². The van der Waals surface area contributed by atoms with Crippen molar-refractivity contribution in [3.63, 3.8) is 0 Å². The first-order chi connectivity index (χ1) is 10.6. The molecule has 0 amide bonds. The SMILES string of the molecule is C=C1C=CC=C(C2(S(=O)(=O)c3ccccc3)CCNC2)C=C1. The molecule has 0 radical (unpaired) electrons. The fourth-order valence-corrected chi connectivity index (χ4v) is 5.09. The van der Waals surface area contributed by atoms with Crippen LogP contribution in [-0.2, 0) is 9.84 Å². The first kappa shape index (κ1) is 15.0. The molecule has 1 aromatic rings. The lowest BCUT2D eigenvalue weighted by Gasteiger charge is -2.29. The Morgan fingerprint density at radius 1 is 1.09 bits per heavy atom. The number of benzene rings is 1. The summed E-state index contributed by atoms with van der Waals surface area (Å²) in [6, 6.07) is 8.70. The Morgan fingerprint density at radius 3 is 2.55 bits per heavy atom. The molecular formula is C18H19NO2S. The van der Waals surface area contributed by atoms with Crippen LogP contribution in [0.4, 0.5) is 0 Å². The van der Waals surface area contributed by atoms with Crippen molar-refractivity contribution in [2.24, 2.45) is 0 Å². The first-order valence-electron chi connectivity index (χ1n) is 7.32. The minimum absolute atomic E-state index is 0.375. The molecule has 1 unspecified atom stereocenters. The van der Waals surface area contributed by atoms with Crippen molar-refractivity contribution in [3.05, 3.63) is 78.4 Å². The van der Waals surface area contributed by atoms with Crippen molar-refractivity contribution in [3.8, 4) is 0 Å². The van der Waals surface area contributed by atoms with E-state index in [1.807, 2.05) is 36.4 Å². The van der Waals surface area contributed by atoms with E-state index >= 15 is 0 Å². The van der Waals surface area contributed by atoms with Crippen LogP contribution >= 0.6 is 0 Å². The normalized spacial score (nSPS) is 25.1. The molecule has 2 aliphatic rings. The molecule has 1 aromatic carbocycles. The number of rotatable bonds is 3. The van der Waals surface area contributed by atoms with E-state index < -0.39 is 14.6 Å². The second-order valence-corrected chi connectivity index (χ2v) is 7.89. The fourth-order valence-electron chi connectivity index (χ4n) is 3.01. The van der Waals surface area contributed by atoms with E-state index in [0.29, 0.717) is 24.4 Å². The van der Waals surface area contributed by atoms with Gasteiger partial charge in [0.25, 0.3) is 0 Å². The summed E-state index contributed by atoms with van der Waals surface area (Å²) < 4.78 is 25.7. The molecule has 0 spiro atoms. The molecule has 3 nitrogen and oxygen atoms in total. The van der Waals surface area contributed by atoms with E-state index in [4.69, 9.17) is 0 Å². The first-order valence-corrected chi connectivity index (χ1v) is 8.81. The quantitative estimate of drug-likeness (QED) is 0.933. The molecule has 4 heteroatoms. The highest BCUT2D eigenvalue weighted by Crippen LogP contribution is 2.39. The van der Waals surface area contributed by atoms with E-state index in [-0.39, 0.29) is 0 Å². The molecule has 1 fully saturated rings. The highest BCUT2D eigenvalue weighted by atomic mass is 32.2. The molecule has 0 bridgehead atoms. The van der Waals surface area contributed by atoms with Gasteiger partial charge in [-0.15, -0.1) is 0 Å². The zero-order valence-corrected chi connectivity index (χ0v) is 13.1. The second-order valence-electron chi connectivity index (χ2n) is 5.63. The van der Waals surface area contributed by atoms with Gasteiger partial charge in [-0.3, -0.25) is 0 Å². The summed E-state index contributed by atoms with van der Waals surface area (Å²) in [4.78, 5) is 0.375. The van der Waals surface area contributed by atoms with E-state index in [9.17, 15) is 8.42 Å². The minimum Gasteiger partial charge on any atom is -0.315 e. The lowest BCUT2D eigenvalue weighted by atomic mass is 9.96. The van der Waals surface area contributed by atoms with E-state index in [1.54, 1.807) is 24.3 Å². The van der Waals surface area contributed by atoms with Crippen LogP contribution in [0.15, 0.2) is 83.3 Å². The van der Waals surface area contributed by atoms with Crippen LogP contribution in [0, 0.1) is 0 Å². The van der Waals surface area contributed by atoms with Gasteiger partial charge in [0.1, 0.15) is 4.75 Å². The van der Waals surface area contributed by atoms with Gasteiger partial charge in [-0.1, -0.05) is 55.2 Å². The van der Waals surface area contributed by atoms with Crippen LogP contribution in [0.25, 0.3) is 0 Å². The van der Waals surface area contributed by atoms with Crippen LogP contribution in [0.1, 0.15) is 6.42 Å². The molecular weight excluding hydrogens is 294 g/mol. The maximum atomic E-state index is 13.3. The van der Waals surface area contributed by atoms with E-state index in [0.717, 1.165) is 11.1 Å². The Hall–Kier alpha value is -1.91. The fraction of sp³-hybridized carbons (Fsp3) is 0.222. The maximum absolute atomic E-state index is 13.3. The molecule has 1 saturated heterocycles. The molecule has 114 valence electrons. The van der Waals surface area contributed by atoms with Gasteiger partial charge >= 0.3 is 0 Å². The predicted molar refractivity (Wildman–Crippen MR) is 89.3 cm³/mol. The summed E-state index contributed by atoms with van der Waals surface area (Å²) >= 11 is 0. The van der Waals surface area contributed by atoms with E-state index in [1.165, 1.54) is 0 Å². The lowest BCUT2D eigenvalue weighted by Crippen LogP contribution is -2.42. The number of hydrogen-bond acceptors (Lipinski definition) is 3. The van der Waals surface area contributed by atoms with Gasteiger partial charge in [-0.2, -0.15) is 0 Å². The standard InChI is InChI=1S/C18H19NO2S/c1-15-6-5-7-16(11-10-15)18(12-13-19-14-18)22(20,21)17-8-3-2-4-9-17/h2-11,19H,1,12-14H2. The van der Waals surface area contributed by atoms with Crippen LogP contribution in [0.3, 0.4) is 0 Å². The van der Waals surface area contributed by atoms with Gasteiger partial charge in [-0.05, 0) is 36.2 Å². The molecule has 0 aromatic heterocycles. The smallest absolute Gasteiger partial charge is 0.189 e. The molecule has 0 saturated carbocycles.